The van der Waals surface area contributed by atoms with Gasteiger partial charge < -0.3 is 0 Å². The molecule has 0 saturated carbocycles. The molecule has 0 atom stereocenters. The van der Waals surface area contributed by atoms with Gasteiger partial charge in [0, 0.05) is 7.05 Å². The molecule has 0 saturated heterocycles. The molecule has 0 rings (SSSR count). The zero-order chi connectivity index (χ0) is 20.2. The van der Waals surface area contributed by atoms with E-state index in [-0.39, 0.29) is 5.01 Å². The lowest BCUT2D eigenvalue weighted by atomic mass is 10.3. The van der Waals surface area contributed by atoms with E-state index in [1.807, 2.05) is 0 Å². The first kappa shape index (κ1) is 21.3. The summed E-state index contributed by atoms with van der Waals surface area (Å²) < 4.78 is 0. The summed E-state index contributed by atoms with van der Waals surface area (Å²) in [6.07, 6.45) is 0. The van der Waals surface area contributed by atoms with Crippen LogP contribution in [0, 0.1) is 60.7 Å². The SMILES string of the molecule is CN(CC([N+](=O)[O-])([N+](=O)[O-])[N+](=O)[O-])NCC([N+](=O)[O-])([N+](=O)[O-])[N+](=O)[O-]. The van der Waals surface area contributed by atoms with E-state index >= 15 is 0 Å². The second kappa shape index (κ2) is 7.26. The third-order valence-corrected chi connectivity index (χ3v) is 2.79. The maximum Gasteiger partial charge on any atom is 0.714 e. The Morgan fingerprint density at radius 1 is 0.680 bits per heavy atom. The fourth-order valence-corrected chi connectivity index (χ4v) is 1.38. The Morgan fingerprint density at radius 3 is 1.20 bits per heavy atom. The molecule has 0 unspecified atom stereocenters. The molecule has 0 heterocycles. The van der Waals surface area contributed by atoms with Crippen molar-refractivity contribution in [1.82, 2.24) is 10.4 Å². The average molecular weight is 372 g/mol. The van der Waals surface area contributed by atoms with Gasteiger partial charge in [-0.1, -0.05) is 0 Å². The minimum Gasteiger partial charge on any atom is -0.253 e. The summed E-state index contributed by atoms with van der Waals surface area (Å²) in [5.74, 6) is -8.03. The van der Waals surface area contributed by atoms with E-state index in [2.05, 4.69) is 0 Å². The molecule has 0 spiro atoms. The molecule has 0 aliphatic rings. The van der Waals surface area contributed by atoms with Crippen molar-refractivity contribution in [3.05, 3.63) is 60.7 Å². The molecule has 0 aromatic heterocycles. The van der Waals surface area contributed by atoms with Gasteiger partial charge in [0.25, 0.3) is 0 Å². The molecule has 0 aliphatic carbocycles. The number of likely N-dealkylation sites (N-methyl/N-ethyl adjacent to an activating group) is 1. The van der Waals surface area contributed by atoms with Gasteiger partial charge in [0.05, 0.1) is 0 Å². The summed E-state index contributed by atoms with van der Waals surface area (Å²) in [6.45, 7) is -3.37. The van der Waals surface area contributed by atoms with E-state index in [4.69, 9.17) is 0 Å². The van der Waals surface area contributed by atoms with Gasteiger partial charge in [0.2, 0.25) is 13.1 Å². The minimum atomic E-state index is -4.02. The normalized spacial score (nSPS) is 11.8. The van der Waals surface area contributed by atoms with Crippen LogP contribution in [0.25, 0.3) is 0 Å². The first-order chi connectivity index (χ1) is 11.3. The highest BCUT2D eigenvalue weighted by Gasteiger charge is 2.73. The van der Waals surface area contributed by atoms with Gasteiger partial charge in [-0.2, -0.15) is 0 Å². The Kier molecular flexibility index (Phi) is 6.19. The van der Waals surface area contributed by atoms with Gasteiger partial charge >= 0.3 is 11.6 Å². The van der Waals surface area contributed by atoms with Gasteiger partial charge in [-0.15, -0.1) is 0 Å². The van der Waals surface area contributed by atoms with Gasteiger partial charge in [-0.3, -0.25) is 60.7 Å². The summed E-state index contributed by atoms with van der Waals surface area (Å²) in [6, 6.07) is 0. The van der Waals surface area contributed by atoms with Crippen molar-refractivity contribution >= 4 is 0 Å². The molecule has 20 heteroatoms. The van der Waals surface area contributed by atoms with Gasteiger partial charge in [0.15, 0.2) is 29.5 Å². The molecule has 0 bridgehead atoms. The number of rotatable bonds is 11. The number of nitrogens with zero attached hydrogens (tertiary/aromatic N) is 7. The average Bonchev–Trinajstić information content (AvgIpc) is 2.42. The number of hydrogen-bond acceptors (Lipinski definition) is 14. The highest BCUT2D eigenvalue weighted by atomic mass is 16.7. The van der Waals surface area contributed by atoms with Crippen LogP contribution in [-0.2, 0) is 0 Å². The van der Waals surface area contributed by atoms with Crippen LogP contribution in [0.5, 0.6) is 0 Å². The highest BCUT2D eigenvalue weighted by Crippen LogP contribution is 2.15. The lowest BCUT2D eigenvalue weighted by Gasteiger charge is -2.18. The number of hydrogen-bond donors (Lipinski definition) is 1. The van der Waals surface area contributed by atoms with Crippen LogP contribution >= 0.6 is 0 Å². The standard InChI is InChI=1S/C5H8N8O12/c1-7(3-5(11(20)21,12(22)23)13(24)25)6-2-4(8(14)15,9(16)17)10(18)19/h6H,2-3H2,1H3. The van der Waals surface area contributed by atoms with Crippen molar-refractivity contribution in [1.29, 1.82) is 0 Å². The first-order valence-corrected chi connectivity index (χ1v) is 5.58. The second-order valence-electron chi connectivity index (χ2n) is 4.28. The van der Waals surface area contributed by atoms with Crippen LogP contribution in [0.3, 0.4) is 0 Å². The van der Waals surface area contributed by atoms with E-state index < -0.39 is 54.2 Å². The lowest BCUT2D eigenvalue weighted by Crippen LogP contribution is -2.65. The number of nitrogens with one attached hydrogen (secondary N) is 1. The molecule has 20 nitrogen and oxygen atoms in total. The number of hydrazine groups is 1. The first-order valence-electron chi connectivity index (χ1n) is 5.58. The Labute approximate surface area is 133 Å². The van der Waals surface area contributed by atoms with Crippen molar-refractivity contribution < 1.29 is 29.5 Å². The number of nitro groups is 6. The van der Waals surface area contributed by atoms with Crippen LogP contribution in [-0.4, -0.2) is 66.3 Å². The molecule has 0 amide bonds. The summed E-state index contributed by atoms with van der Waals surface area (Å²) in [7, 11) is 0.663. The molecule has 0 aliphatic heterocycles. The lowest BCUT2D eigenvalue weighted by molar-refractivity contribution is -0.970. The fourth-order valence-electron chi connectivity index (χ4n) is 1.38. The Hall–Kier alpha value is -3.68. The Bertz CT molecular complexity index is 559. The molecule has 140 valence electrons. The second-order valence-corrected chi connectivity index (χ2v) is 4.28. The maximum absolute atomic E-state index is 10.7. The summed E-state index contributed by atoms with van der Waals surface area (Å²) in [5, 5.41) is 64.3. The molecule has 25 heavy (non-hydrogen) atoms. The van der Waals surface area contributed by atoms with Gasteiger partial charge in [-0.25, -0.2) is 10.4 Å². The molecular formula is C5H8N8O12. The van der Waals surface area contributed by atoms with Crippen LogP contribution in [0.4, 0.5) is 0 Å². The van der Waals surface area contributed by atoms with Gasteiger partial charge in [-0.05, 0) is 0 Å². The van der Waals surface area contributed by atoms with E-state index in [1.54, 1.807) is 5.43 Å². The summed E-state index contributed by atoms with van der Waals surface area (Å²) in [5.41, 5.74) is 1.58. The Morgan fingerprint density at radius 2 is 0.960 bits per heavy atom. The molecule has 1 N–H and O–H groups in total. The highest BCUT2D eigenvalue weighted by molar-refractivity contribution is 4.62. The predicted octanol–water partition coefficient (Wildman–Crippen LogP) is -2.61. The van der Waals surface area contributed by atoms with E-state index in [0.29, 0.717) is 7.05 Å². The molecule has 0 radical (unpaired) electrons. The maximum atomic E-state index is 10.7. The third kappa shape index (κ3) is 3.63. The topological polar surface area (TPSA) is 274 Å². The van der Waals surface area contributed by atoms with Crippen LogP contribution < -0.4 is 5.43 Å². The molecule has 0 aromatic carbocycles. The monoisotopic (exact) mass is 372 g/mol. The fraction of sp³-hybridized carbons (Fsp3) is 1.00. The zero-order valence-corrected chi connectivity index (χ0v) is 11.9. The van der Waals surface area contributed by atoms with Crippen molar-refractivity contribution in [3.63, 3.8) is 0 Å². The Balaban J connectivity index is 5.56. The van der Waals surface area contributed by atoms with Crippen molar-refractivity contribution in [3.8, 4) is 0 Å². The molecule has 0 fully saturated rings. The summed E-state index contributed by atoms with van der Waals surface area (Å²) >= 11 is 0. The zero-order valence-electron chi connectivity index (χ0n) is 11.9. The van der Waals surface area contributed by atoms with E-state index in [1.165, 1.54) is 0 Å². The van der Waals surface area contributed by atoms with Crippen LogP contribution in [0.1, 0.15) is 0 Å². The molecule has 0 aromatic rings. The molecular weight excluding hydrogens is 364 g/mol. The van der Waals surface area contributed by atoms with Crippen LogP contribution in [0.2, 0.25) is 0 Å². The van der Waals surface area contributed by atoms with Crippen LogP contribution in [0.15, 0.2) is 0 Å². The largest absolute Gasteiger partial charge is 0.714 e. The van der Waals surface area contributed by atoms with E-state index in [0.717, 1.165) is 0 Å². The van der Waals surface area contributed by atoms with Crippen molar-refractivity contribution in [2.75, 3.05) is 20.1 Å². The third-order valence-electron chi connectivity index (χ3n) is 2.79. The van der Waals surface area contributed by atoms with Gasteiger partial charge in [0.1, 0.15) is 0 Å². The van der Waals surface area contributed by atoms with Crippen molar-refractivity contribution in [2.45, 2.75) is 11.6 Å². The summed E-state index contributed by atoms with van der Waals surface area (Å²) in [4.78, 5) is 52.9. The quantitative estimate of drug-likeness (QED) is 0.221. The van der Waals surface area contributed by atoms with E-state index in [9.17, 15) is 60.7 Å². The minimum absolute atomic E-state index is 0.152. The smallest absolute Gasteiger partial charge is 0.253 e. The predicted molar refractivity (Wildman–Crippen MR) is 68.1 cm³/mol. The van der Waals surface area contributed by atoms with Crippen molar-refractivity contribution in [2.24, 2.45) is 0 Å².